The average molecular weight is 554 g/mol. The number of ether oxygens (including phenoxy) is 2. The van der Waals surface area contributed by atoms with Gasteiger partial charge < -0.3 is 25.0 Å². The van der Waals surface area contributed by atoms with Gasteiger partial charge >= 0.3 is 0 Å². The Balaban J connectivity index is 0.00000450. The first-order valence-electron chi connectivity index (χ1n) is 9.91. The molecular weight excluding hydrogens is 521 g/mol. The average Bonchev–Trinajstić information content (AvgIpc) is 2.72. The summed E-state index contributed by atoms with van der Waals surface area (Å²) in [7, 11) is 3.26. The van der Waals surface area contributed by atoms with Gasteiger partial charge in [0.25, 0.3) is 0 Å². The molecule has 2 rings (SSSR count). The van der Waals surface area contributed by atoms with Crippen LogP contribution in [-0.4, -0.2) is 88.3 Å². The van der Waals surface area contributed by atoms with Gasteiger partial charge in [-0.15, -0.1) is 24.0 Å². The first-order valence-corrected chi connectivity index (χ1v) is 10.3. The number of carbonyl (C=O) groups is 1. The van der Waals surface area contributed by atoms with Crippen molar-refractivity contribution in [2.45, 2.75) is 13.5 Å². The fourth-order valence-electron chi connectivity index (χ4n) is 3.10. The van der Waals surface area contributed by atoms with Crippen LogP contribution >= 0.6 is 35.6 Å². The van der Waals surface area contributed by atoms with Crippen LogP contribution in [0, 0.1) is 0 Å². The van der Waals surface area contributed by atoms with E-state index in [1.54, 1.807) is 20.3 Å². The molecule has 2 N–H and O–H groups in total. The normalized spacial score (nSPS) is 14.8. The van der Waals surface area contributed by atoms with Crippen molar-refractivity contribution in [1.29, 1.82) is 0 Å². The lowest BCUT2D eigenvalue weighted by Crippen LogP contribution is -2.54. The van der Waals surface area contributed by atoms with Gasteiger partial charge in [0.05, 0.1) is 26.8 Å². The van der Waals surface area contributed by atoms with Crippen molar-refractivity contribution in [2.75, 3.05) is 66.6 Å². The van der Waals surface area contributed by atoms with Gasteiger partial charge in [0.1, 0.15) is 5.75 Å². The molecule has 0 aromatic heterocycles. The Labute approximate surface area is 201 Å². The molecule has 1 heterocycles. The minimum atomic E-state index is 0. The Hall–Kier alpha value is -1.30. The summed E-state index contributed by atoms with van der Waals surface area (Å²) in [6.45, 7) is 8.08. The van der Waals surface area contributed by atoms with E-state index in [-0.39, 0.29) is 29.9 Å². The van der Waals surface area contributed by atoms with E-state index in [2.05, 4.69) is 27.4 Å². The summed E-state index contributed by atoms with van der Waals surface area (Å²) in [6, 6.07) is 5.59. The van der Waals surface area contributed by atoms with E-state index in [0.29, 0.717) is 31.3 Å². The summed E-state index contributed by atoms with van der Waals surface area (Å²) in [5.74, 6) is 1.64. The van der Waals surface area contributed by atoms with E-state index >= 15 is 0 Å². The van der Waals surface area contributed by atoms with Gasteiger partial charge in [0, 0.05) is 57.0 Å². The van der Waals surface area contributed by atoms with E-state index in [1.807, 2.05) is 12.1 Å². The molecule has 0 atom stereocenters. The van der Waals surface area contributed by atoms with Crippen LogP contribution in [0.25, 0.3) is 0 Å². The van der Waals surface area contributed by atoms with Crippen molar-refractivity contribution in [3.63, 3.8) is 0 Å². The highest BCUT2D eigenvalue weighted by atomic mass is 127. The van der Waals surface area contributed by atoms with Gasteiger partial charge in [0.2, 0.25) is 5.91 Å². The molecule has 1 aliphatic rings. The summed E-state index contributed by atoms with van der Waals surface area (Å²) in [5, 5.41) is 6.86. The van der Waals surface area contributed by atoms with E-state index in [4.69, 9.17) is 26.1 Å². The van der Waals surface area contributed by atoms with Crippen LogP contribution in [-0.2, 0) is 16.1 Å². The smallest absolute Gasteiger partial charge is 0.234 e. The van der Waals surface area contributed by atoms with Gasteiger partial charge in [-0.1, -0.05) is 17.7 Å². The zero-order valence-electron chi connectivity index (χ0n) is 17.9. The van der Waals surface area contributed by atoms with Crippen LogP contribution in [0.3, 0.4) is 0 Å². The molecule has 1 fully saturated rings. The number of rotatable bonds is 9. The highest BCUT2D eigenvalue weighted by Crippen LogP contribution is 2.23. The van der Waals surface area contributed by atoms with Gasteiger partial charge in [-0.3, -0.25) is 9.69 Å². The molecule has 10 heteroatoms. The molecule has 1 aliphatic heterocycles. The third kappa shape index (κ3) is 8.83. The quantitative estimate of drug-likeness (QED) is 0.210. The molecule has 0 spiro atoms. The van der Waals surface area contributed by atoms with Gasteiger partial charge in [-0.25, -0.2) is 4.99 Å². The Morgan fingerprint density at radius 1 is 1.20 bits per heavy atom. The maximum atomic E-state index is 12.0. The van der Waals surface area contributed by atoms with Crippen molar-refractivity contribution in [1.82, 2.24) is 20.4 Å². The second-order valence-corrected chi connectivity index (χ2v) is 7.17. The highest BCUT2D eigenvalue weighted by Gasteiger charge is 2.21. The van der Waals surface area contributed by atoms with Crippen molar-refractivity contribution in [3.8, 4) is 5.75 Å². The molecule has 1 aromatic rings. The van der Waals surface area contributed by atoms with Crippen molar-refractivity contribution < 1.29 is 14.3 Å². The number of nitrogens with zero attached hydrogens (tertiary/aromatic N) is 3. The molecule has 0 bridgehead atoms. The molecule has 1 saturated heterocycles. The zero-order valence-corrected chi connectivity index (χ0v) is 21.0. The highest BCUT2D eigenvalue weighted by molar-refractivity contribution is 14.0. The zero-order chi connectivity index (χ0) is 21.1. The van der Waals surface area contributed by atoms with Crippen LogP contribution in [0.4, 0.5) is 0 Å². The first-order chi connectivity index (χ1) is 14.1. The summed E-state index contributed by atoms with van der Waals surface area (Å²) in [6.07, 6.45) is 0. The molecule has 0 radical (unpaired) electrons. The summed E-state index contributed by atoms with van der Waals surface area (Å²) in [4.78, 5) is 21.1. The third-order valence-corrected chi connectivity index (χ3v) is 4.89. The molecule has 1 aromatic carbocycles. The summed E-state index contributed by atoms with van der Waals surface area (Å²) in [5.41, 5.74) is 0.985. The molecule has 0 aliphatic carbocycles. The van der Waals surface area contributed by atoms with Crippen LogP contribution < -0.4 is 15.4 Å². The largest absolute Gasteiger partial charge is 0.496 e. The monoisotopic (exact) mass is 553 g/mol. The number of benzene rings is 1. The Morgan fingerprint density at radius 2 is 1.93 bits per heavy atom. The number of methoxy groups -OCH3 is 2. The Bertz CT molecular complexity index is 684. The lowest BCUT2D eigenvalue weighted by atomic mass is 10.2. The summed E-state index contributed by atoms with van der Waals surface area (Å²) < 4.78 is 10.4. The topological polar surface area (TPSA) is 78.4 Å². The molecule has 30 heavy (non-hydrogen) atoms. The lowest BCUT2D eigenvalue weighted by Gasteiger charge is -2.36. The number of halogens is 2. The maximum Gasteiger partial charge on any atom is 0.234 e. The minimum Gasteiger partial charge on any atom is -0.496 e. The van der Waals surface area contributed by atoms with Crippen molar-refractivity contribution in [3.05, 3.63) is 28.8 Å². The molecule has 0 unspecified atom stereocenters. The van der Waals surface area contributed by atoms with Crippen molar-refractivity contribution in [2.24, 2.45) is 4.99 Å². The standard InChI is InChI=1S/C20H32ClN5O3.HI/c1-4-22-20(24-14-16-5-6-17(21)13-18(16)29-3)26-10-8-25(9-11-26)15-19(27)23-7-12-28-2;/h5-6,13H,4,7-12,14-15H2,1-3H3,(H,22,24)(H,23,27);1H. The fourth-order valence-corrected chi connectivity index (χ4v) is 3.27. The number of nitrogens with one attached hydrogen (secondary N) is 2. The number of hydrogen-bond acceptors (Lipinski definition) is 5. The number of amides is 1. The van der Waals surface area contributed by atoms with E-state index < -0.39 is 0 Å². The number of aliphatic imine (C=N–C) groups is 1. The lowest BCUT2D eigenvalue weighted by molar-refractivity contribution is -0.122. The van der Waals surface area contributed by atoms with E-state index in [9.17, 15) is 4.79 Å². The van der Waals surface area contributed by atoms with Gasteiger partial charge in [0.15, 0.2) is 5.96 Å². The predicted molar refractivity (Wildman–Crippen MR) is 131 cm³/mol. The second-order valence-electron chi connectivity index (χ2n) is 6.73. The first kappa shape index (κ1) is 26.7. The number of carbonyl (C=O) groups excluding carboxylic acids is 1. The van der Waals surface area contributed by atoms with Crippen LogP contribution in [0.5, 0.6) is 5.75 Å². The van der Waals surface area contributed by atoms with E-state index in [0.717, 1.165) is 50.0 Å². The Kier molecular flexibility index (Phi) is 13.1. The summed E-state index contributed by atoms with van der Waals surface area (Å²) >= 11 is 6.04. The molecule has 0 saturated carbocycles. The van der Waals surface area contributed by atoms with Crippen LogP contribution in [0.1, 0.15) is 12.5 Å². The fraction of sp³-hybridized carbons (Fsp3) is 0.600. The third-order valence-electron chi connectivity index (χ3n) is 4.65. The number of hydrogen-bond donors (Lipinski definition) is 2. The van der Waals surface area contributed by atoms with Gasteiger partial charge in [-0.05, 0) is 19.1 Å². The van der Waals surface area contributed by atoms with Crippen LogP contribution in [0.15, 0.2) is 23.2 Å². The van der Waals surface area contributed by atoms with E-state index in [1.165, 1.54) is 0 Å². The predicted octanol–water partition coefficient (Wildman–Crippen LogP) is 1.81. The second kappa shape index (κ2) is 14.7. The SMILES string of the molecule is CCNC(=NCc1ccc(Cl)cc1OC)N1CCN(CC(=O)NCCOC)CC1.I. The Morgan fingerprint density at radius 3 is 2.57 bits per heavy atom. The molecule has 170 valence electrons. The van der Waals surface area contributed by atoms with Crippen molar-refractivity contribution >= 4 is 47.4 Å². The number of guanidine groups is 1. The van der Waals surface area contributed by atoms with Gasteiger partial charge in [-0.2, -0.15) is 0 Å². The molecule has 8 nitrogen and oxygen atoms in total. The molecule has 1 amide bonds. The van der Waals surface area contributed by atoms with Crippen LogP contribution in [0.2, 0.25) is 5.02 Å². The minimum absolute atomic E-state index is 0. The molecular formula is C20H33ClIN5O3. The number of piperazine rings is 1. The maximum absolute atomic E-state index is 12.0.